The Labute approximate surface area is 104 Å². The predicted octanol–water partition coefficient (Wildman–Crippen LogP) is 2.30. The van der Waals surface area contributed by atoms with Crippen LogP contribution in [0.5, 0.6) is 0 Å². The Morgan fingerprint density at radius 3 is 1.93 bits per heavy atom. The third-order valence-electron chi connectivity index (χ3n) is 1.45. The van der Waals surface area contributed by atoms with Crippen molar-refractivity contribution in [2.24, 2.45) is 0 Å². The highest BCUT2D eigenvalue weighted by molar-refractivity contribution is 9.10. The van der Waals surface area contributed by atoms with E-state index >= 15 is 0 Å². The standard InChI is InChI=1S/C6H3BrCl2O4S2/c7-5-2-1-4(14(8,10)11)3-6(5)15(9,12)13/h1-3H. The molecule has 0 N–H and O–H groups in total. The van der Waals surface area contributed by atoms with E-state index in [4.69, 9.17) is 21.4 Å². The molecule has 0 heterocycles. The van der Waals surface area contributed by atoms with Gasteiger partial charge in [0.1, 0.15) is 0 Å². The van der Waals surface area contributed by atoms with Gasteiger partial charge in [-0.05, 0) is 34.1 Å². The summed E-state index contributed by atoms with van der Waals surface area (Å²) in [5.74, 6) is 0. The maximum absolute atomic E-state index is 11.0. The van der Waals surface area contributed by atoms with Crippen molar-refractivity contribution >= 4 is 55.4 Å². The van der Waals surface area contributed by atoms with Gasteiger partial charge in [-0.15, -0.1) is 0 Å². The van der Waals surface area contributed by atoms with E-state index in [1.807, 2.05) is 0 Å². The molecule has 0 aliphatic carbocycles. The summed E-state index contributed by atoms with van der Waals surface area (Å²) in [6.07, 6.45) is 0. The van der Waals surface area contributed by atoms with Crippen molar-refractivity contribution in [1.29, 1.82) is 0 Å². The predicted molar refractivity (Wildman–Crippen MR) is 60.2 cm³/mol. The molecular weight excluding hydrogens is 351 g/mol. The summed E-state index contributed by atoms with van der Waals surface area (Å²) in [5, 5.41) is 0. The molecule has 0 aromatic heterocycles. The molecule has 0 radical (unpaired) electrons. The van der Waals surface area contributed by atoms with Crippen molar-refractivity contribution < 1.29 is 16.8 Å². The van der Waals surface area contributed by atoms with E-state index in [2.05, 4.69) is 15.9 Å². The third-order valence-corrected chi connectivity index (χ3v) is 5.11. The second kappa shape index (κ2) is 4.21. The third kappa shape index (κ3) is 3.32. The van der Waals surface area contributed by atoms with E-state index in [0.717, 1.165) is 12.1 Å². The minimum absolute atomic E-state index is 0.168. The van der Waals surface area contributed by atoms with Crippen LogP contribution in [0.15, 0.2) is 32.5 Å². The Bertz CT molecular complexity index is 594. The summed E-state index contributed by atoms with van der Waals surface area (Å²) < 4.78 is 44.1. The van der Waals surface area contributed by atoms with Crippen molar-refractivity contribution in [3.05, 3.63) is 22.7 Å². The van der Waals surface area contributed by atoms with E-state index in [1.165, 1.54) is 6.07 Å². The molecule has 0 atom stereocenters. The van der Waals surface area contributed by atoms with Crippen molar-refractivity contribution in [2.75, 3.05) is 0 Å². The average Bonchev–Trinajstić information content (AvgIpc) is 2.00. The molecule has 0 spiro atoms. The maximum Gasteiger partial charge on any atom is 0.262 e. The van der Waals surface area contributed by atoms with Crippen LogP contribution in [0, 0.1) is 0 Å². The van der Waals surface area contributed by atoms with Gasteiger partial charge < -0.3 is 0 Å². The number of benzene rings is 1. The van der Waals surface area contributed by atoms with Crippen molar-refractivity contribution in [2.45, 2.75) is 9.79 Å². The first-order valence-electron chi connectivity index (χ1n) is 3.31. The molecule has 1 aromatic carbocycles. The van der Waals surface area contributed by atoms with Gasteiger partial charge in [0.2, 0.25) is 0 Å². The van der Waals surface area contributed by atoms with Gasteiger partial charge in [-0.25, -0.2) is 16.8 Å². The fourth-order valence-corrected chi connectivity index (χ4v) is 3.79. The lowest BCUT2D eigenvalue weighted by Gasteiger charge is -2.02. The van der Waals surface area contributed by atoms with Crippen LogP contribution >= 0.6 is 37.3 Å². The summed E-state index contributed by atoms with van der Waals surface area (Å²) in [6, 6.07) is 3.29. The van der Waals surface area contributed by atoms with Crippen molar-refractivity contribution in [1.82, 2.24) is 0 Å². The van der Waals surface area contributed by atoms with Crippen LogP contribution in [0.25, 0.3) is 0 Å². The smallest absolute Gasteiger partial charge is 0.207 e. The summed E-state index contributed by atoms with van der Waals surface area (Å²) in [4.78, 5) is -0.669. The molecule has 0 aliphatic heterocycles. The van der Waals surface area contributed by atoms with Gasteiger partial charge in [-0.1, -0.05) is 0 Å². The number of halogens is 3. The van der Waals surface area contributed by atoms with E-state index in [1.54, 1.807) is 0 Å². The van der Waals surface area contributed by atoms with Crippen molar-refractivity contribution in [3.63, 3.8) is 0 Å². The van der Waals surface area contributed by atoms with E-state index < -0.39 is 18.1 Å². The lowest BCUT2D eigenvalue weighted by atomic mass is 10.4. The van der Waals surface area contributed by atoms with Gasteiger partial charge in [-0.2, -0.15) is 0 Å². The molecule has 84 valence electrons. The van der Waals surface area contributed by atoms with Gasteiger partial charge in [0.05, 0.1) is 9.79 Å². The van der Waals surface area contributed by atoms with E-state index in [-0.39, 0.29) is 14.3 Å². The summed E-state index contributed by atoms with van der Waals surface area (Å²) in [6.45, 7) is 0. The van der Waals surface area contributed by atoms with Gasteiger partial charge in [0.15, 0.2) is 0 Å². The zero-order valence-corrected chi connectivity index (χ0v) is 11.5. The molecule has 0 unspecified atom stereocenters. The number of rotatable bonds is 2. The Hall–Kier alpha value is 0.180. The van der Waals surface area contributed by atoms with Gasteiger partial charge in [0, 0.05) is 25.8 Å². The highest BCUT2D eigenvalue weighted by Crippen LogP contribution is 2.28. The first kappa shape index (κ1) is 13.2. The molecule has 4 nitrogen and oxygen atoms in total. The summed E-state index contributed by atoms with van der Waals surface area (Å²) in [5.41, 5.74) is 0. The second-order valence-electron chi connectivity index (χ2n) is 2.47. The molecular formula is C6H3BrCl2O4S2. The largest absolute Gasteiger partial charge is 0.262 e. The van der Waals surface area contributed by atoms with Crippen LogP contribution in [0.2, 0.25) is 0 Å². The van der Waals surface area contributed by atoms with Crippen LogP contribution in [-0.4, -0.2) is 16.8 Å². The molecule has 15 heavy (non-hydrogen) atoms. The minimum atomic E-state index is -4.01. The van der Waals surface area contributed by atoms with E-state index in [9.17, 15) is 16.8 Å². The molecule has 0 amide bonds. The van der Waals surface area contributed by atoms with Crippen LogP contribution in [0.1, 0.15) is 0 Å². The van der Waals surface area contributed by atoms with Crippen LogP contribution < -0.4 is 0 Å². The Morgan fingerprint density at radius 2 is 1.53 bits per heavy atom. The van der Waals surface area contributed by atoms with Gasteiger partial charge in [0.25, 0.3) is 18.1 Å². The first-order chi connectivity index (χ1) is 6.62. The topological polar surface area (TPSA) is 68.3 Å². The molecule has 0 aliphatic rings. The highest BCUT2D eigenvalue weighted by atomic mass is 79.9. The summed E-state index contributed by atoms with van der Waals surface area (Å²) in [7, 11) is 2.15. The monoisotopic (exact) mass is 352 g/mol. The average molecular weight is 354 g/mol. The van der Waals surface area contributed by atoms with E-state index in [0.29, 0.717) is 0 Å². The van der Waals surface area contributed by atoms with Gasteiger partial charge >= 0.3 is 0 Å². The fraction of sp³-hybridized carbons (Fsp3) is 0. The highest BCUT2D eigenvalue weighted by Gasteiger charge is 2.19. The van der Waals surface area contributed by atoms with Gasteiger partial charge in [-0.3, -0.25) is 0 Å². The lowest BCUT2D eigenvalue weighted by molar-refractivity contribution is 0.607. The number of hydrogen-bond donors (Lipinski definition) is 0. The molecule has 0 fully saturated rings. The Balaban J connectivity index is 3.57. The molecule has 0 saturated carbocycles. The first-order valence-corrected chi connectivity index (χ1v) is 8.72. The maximum atomic E-state index is 11.0. The fourth-order valence-electron chi connectivity index (χ4n) is 0.822. The quantitative estimate of drug-likeness (QED) is 0.765. The molecule has 1 rings (SSSR count). The molecule has 1 aromatic rings. The Kier molecular flexibility index (Phi) is 3.72. The SMILES string of the molecule is O=S(=O)(Cl)c1ccc(Br)c(S(=O)(=O)Cl)c1. The molecule has 0 saturated heterocycles. The van der Waals surface area contributed by atoms with Crippen molar-refractivity contribution in [3.8, 4) is 0 Å². The zero-order chi connectivity index (χ0) is 11.9. The minimum Gasteiger partial charge on any atom is -0.207 e. The Morgan fingerprint density at radius 1 is 1.00 bits per heavy atom. The molecule has 9 heteroatoms. The molecule has 0 bridgehead atoms. The van der Waals surface area contributed by atoms with Crippen LogP contribution in [-0.2, 0) is 18.1 Å². The normalized spacial score (nSPS) is 12.7. The lowest BCUT2D eigenvalue weighted by Crippen LogP contribution is -1.97. The summed E-state index contributed by atoms with van der Waals surface area (Å²) >= 11 is 2.93. The zero-order valence-electron chi connectivity index (χ0n) is 6.82. The number of hydrogen-bond acceptors (Lipinski definition) is 4. The second-order valence-corrected chi connectivity index (χ2v) is 8.42. The van der Waals surface area contributed by atoms with Crippen LogP contribution in [0.4, 0.5) is 0 Å². The van der Waals surface area contributed by atoms with Crippen LogP contribution in [0.3, 0.4) is 0 Å².